The zero-order valence-corrected chi connectivity index (χ0v) is 14.2. The van der Waals surface area contributed by atoms with E-state index in [2.05, 4.69) is 15.3 Å². The first-order valence-corrected chi connectivity index (χ1v) is 7.68. The highest BCUT2D eigenvalue weighted by molar-refractivity contribution is 6.33. The highest BCUT2D eigenvalue weighted by Gasteiger charge is 2.12. The molecule has 0 unspecified atom stereocenters. The average Bonchev–Trinajstić information content (AvgIpc) is 3.08. The Hall–Kier alpha value is -2.93. The van der Waals surface area contributed by atoms with Crippen LogP contribution in [0.15, 0.2) is 42.9 Å². The van der Waals surface area contributed by atoms with Gasteiger partial charge in [0.2, 0.25) is 5.95 Å². The van der Waals surface area contributed by atoms with Crippen molar-refractivity contribution in [3.05, 3.63) is 64.8 Å². The number of nitrogens with zero attached hydrogens (tertiary/aromatic N) is 3. The van der Waals surface area contributed by atoms with Crippen molar-refractivity contribution >= 4 is 29.2 Å². The van der Waals surface area contributed by atoms with E-state index in [0.717, 1.165) is 5.56 Å². The molecule has 0 aliphatic heterocycles. The van der Waals surface area contributed by atoms with Gasteiger partial charge in [-0.05, 0) is 31.2 Å². The number of ether oxygens (including phenoxy) is 1. The Bertz CT molecular complexity index is 942. The van der Waals surface area contributed by atoms with Crippen LogP contribution in [0.4, 0.5) is 16.0 Å². The van der Waals surface area contributed by atoms with Gasteiger partial charge < -0.3 is 14.6 Å². The molecule has 0 bridgehead atoms. The van der Waals surface area contributed by atoms with Crippen LogP contribution in [-0.2, 0) is 4.74 Å². The summed E-state index contributed by atoms with van der Waals surface area (Å²) < 4.78 is 19.5. The number of hydrogen-bond donors (Lipinski definition) is 1. The molecule has 0 amide bonds. The lowest BCUT2D eigenvalue weighted by molar-refractivity contribution is 0.0601. The lowest BCUT2D eigenvalue weighted by atomic mass is 10.3. The Balaban J connectivity index is 1.92. The molecule has 0 fully saturated rings. The zero-order valence-electron chi connectivity index (χ0n) is 13.5. The van der Waals surface area contributed by atoms with Crippen LogP contribution in [-0.4, -0.2) is 27.6 Å². The second-order valence-electron chi connectivity index (χ2n) is 5.25. The third-order valence-electron chi connectivity index (χ3n) is 3.48. The smallest absolute Gasteiger partial charge is 0.339 e. The van der Waals surface area contributed by atoms with Crippen molar-refractivity contribution in [2.75, 3.05) is 12.4 Å². The number of nitrogens with one attached hydrogen (secondary N) is 1. The van der Waals surface area contributed by atoms with Crippen molar-refractivity contribution in [2.45, 2.75) is 6.92 Å². The van der Waals surface area contributed by atoms with Crippen LogP contribution in [0.5, 0.6) is 0 Å². The Kier molecular flexibility index (Phi) is 4.67. The van der Waals surface area contributed by atoms with Gasteiger partial charge in [-0.3, -0.25) is 0 Å². The third-order valence-corrected chi connectivity index (χ3v) is 3.79. The largest absolute Gasteiger partial charge is 0.465 e. The first-order chi connectivity index (χ1) is 12.0. The van der Waals surface area contributed by atoms with E-state index in [-0.39, 0.29) is 5.02 Å². The molecule has 3 aromatic rings. The minimum absolute atomic E-state index is 0.222. The van der Waals surface area contributed by atoms with Gasteiger partial charge in [0.05, 0.1) is 23.4 Å². The highest BCUT2D eigenvalue weighted by atomic mass is 35.5. The molecule has 1 aromatic carbocycles. The number of aromatic nitrogens is 3. The van der Waals surface area contributed by atoms with E-state index < -0.39 is 11.8 Å². The molecule has 0 aliphatic rings. The van der Waals surface area contributed by atoms with Gasteiger partial charge in [-0.15, -0.1) is 0 Å². The summed E-state index contributed by atoms with van der Waals surface area (Å²) in [5.74, 6) is 0.0268. The number of methoxy groups -OCH3 is 1. The van der Waals surface area contributed by atoms with Gasteiger partial charge in [0, 0.05) is 24.2 Å². The van der Waals surface area contributed by atoms with Crippen molar-refractivity contribution in [1.29, 1.82) is 0 Å². The van der Waals surface area contributed by atoms with Crippen LogP contribution < -0.4 is 5.32 Å². The minimum atomic E-state index is -0.429. The number of esters is 1. The van der Waals surface area contributed by atoms with Crippen LogP contribution in [0.3, 0.4) is 0 Å². The number of hydrogen-bond acceptors (Lipinski definition) is 5. The van der Waals surface area contributed by atoms with Gasteiger partial charge in [-0.25, -0.2) is 14.2 Å². The Morgan fingerprint density at radius 2 is 2.16 bits per heavy atom. The van der Waals surface area contributed by atoms with E-state index in [1.54, 1.807) is 29.2 Å². The second-order valence-corrected chi connectivity index (χ2v) is 5.66. The molecule has 8 heteroatoms. The number of halogens is 2. The number of aryl methyl sites for hydroxylation is 1. The van der Waals surface area contributed by atoms with E-state index in [0.29, 0.717) is 23.0 Å². The van der Waals surface area contributed by atoms with Gasteiger partial charge in [0.1, 0.15) is 11.6 Å². The van der Waals surface area contributed by atoms with E-state index in [1.807, 2.05) is 6.92 Å². The van der Waals surface area contributed by atoms with E-state index in [9.17, 15) is 9.18 Å². The molecular weight excluding hydrogens is 347 g/mol. The van der Waals surface area contributed by atoms with E-state index >= 15 is 0 Å². The van der Waals surface area contributed by atoms with Crippen LogP contribution in [0.2, 0.25) is 5.02 Å². The molecule has 0 aliphatic carbocycles. The molecule has 0 spiro atoms. The van der Waals surface area contributed by atoms with Crippen molar-refractivity contribution in [2.24, 2.45) is 0 Å². The summed E-state index contributed by atoms with van der Waals surface area (Å²) in [6.07, 6.45) is 4.96. The molecule has 128 valence electrons. The summed E-state index contributed by atoms with van der Waals surface area (Å²) in [5.41, 5.74) is 1.71. The fraction of sp³-hybridized carbons (Fsp3) is 0.118. The Labute approximate surface area is 148 Å². The second kappa shape index (κ2) is 6.90. The monoisotopic (exact) mass is 360 g/mol. The van der Waals surface area contributed by atoms with Crippen LogP contribution in [0.1, 0.15) is 15.9 Å². The molecule has 0 saturated carbocycles. The van der Waals surface area contributed by atoms with Crippen LogP contribution >= 0.6 is 11.6 Å². The van der Waals surface area contributed by atoms with Crippen LogP contribution in [0.25, 0.3) is 5.82 Å². The molecule has 2 aromatic heterocycles. The number of benzene rings is 1. The molecule has 25 heavy (non-hydrogen) atoms. The number of carbonyl (C=O) groups is 1. The predicted molar refractivity (Wildman–Crippen MR) is 92.1 cm³/mol. The maximum absolute atomic E-state index is 13.1. The summed E-state index contributed by atoms with van der Waals surface area (Å²) in [6, 6.07) is 5.63. The van der Waals surface area contributed by atoms with Crippen molar-refractivity contribution in [1.82, 2.24) is 14.5 Å². The lowest BCUT2D eigenvalue weighted by Gasteiger charge is -2.10. The molecule has 0 saturated heterocycles. The maximum atomic E-state index is 13.1. The molecule has 3 rings (SSSR count). The van der Waals surface area contributed by atoms with Gasteiger partial charge in [0.25, 0.3) is 0 Å². The van der Waals surface area contributed by atoms with Gasteiger partial charge in [-0.2, -0.15) is 4.98 Å². The van der Waals surface area contributed by atoms with E-state index in [4.69, 9.17) is 16.3 Å². The summed E-state index contributed by atoms with van der Waals surface area (Å²) >= 11 is 6.01. The molecule has 2 heterocycles. The zero-order chi connectivity index (χ0) is 18.0. The normalized spacial score (nSPS) is 10.6. The summed E-state index contributed by atoms with van der Waals surface area (Å²) in [5, 5.41) is 3.17. The number of anilines is 2. The molecule has 1 N–H and O–H groups in total. The van der Waals surface area contributed by atoms with E-state index in [1.165, 1.54) is 25.3 Å². The maximum Gasteiger partial charge on any atom is 0.339 e. The summed E-state index contributed by atoms with van der Waals surface area (Å²) in [7, 11) is 1.32. The molecular formula is C17H14ClFN4O2. The van der Waals surface area contributed by atoms with Gasteiger partial charge in [0.15, 0.2) is 0 Å². The fourth-order valence-corrected chi connectivity index (χ4v) is 2.45. The van der Waals surface area contributed by atoms with Crippen molar-refractivity contribution in [3.8, 4) is 5.82 Å². The Morgan fingerprint density at radius 3 is 2.88 bits per heavy atom. The standard InChI is InChI=1S/C17H14ClFN4O2/c1-10-8-20-17(21-14-4-3-12(19)7-13(14)18)22-15(10)23-6-5-11(9-23)16(24)25-2/h3-9H,1-2H3,(H,20,21,22). The first kappa shape index (κ1) is 16.9. The van der Waals surface area contributed by atoms with Gasteiger partial charge in [-0.1, -0.05) is 11.6 Å². The summed E-state index contributed by atoms with van der Waals surface area (Å²) in [6.45, 7) is 1.85. The van der Waals surface area contributed by atoms with Crippen molar-refractivity contribution < 1.29 is 13.9 Å². The minimum Gasteiger partial charge on any atom is -0.465 e. The lowest BCUT2D eigenvalue weighted by Crippen LogP contribution is -2.05. The summed E-state index contributed by atoms with van der Waals surface area (Å²) in [4.78, 5) is 20.2. The number of rotatable bonds is 4. The van der Waals surface area contributed by atoms with Crippen LogP contribution in [0, 0.1) is 12.7 Å². The number of carbonyl (C=O) groups excluding carboxylic acids is 1. The first-order valence-electron chi connectivity index (χ1n) is 7.30. The molecule has 0 atom stereocenters. The third kappa shape index (κ3) is 3.61. The fourth-order valence-electron chi connectivity index (χ4n) is 2.23. The molecule has 0 radical (unpaired) electrons. The molecule has 6 nitrogen and oxygen atoms in total. The predicted octanol–water partition coefficient (Wildman–Crippen LogP) is 3.90. The topological polar surface area (TPSA) is 69.0 Å². The Morgan fingerprint density at radius 1 is 1.36 bits per heavy atom. The van der Waals surface area contributed by atoms with Crippen molar-refractivity contribution in [3.63, 3.8) is 0 Å². The quantitative estimate of drug-likeness (QED) is 0.715. The SMILES string of the molecule is COC(=O)c1ccn(-c2nc(Nc3ccc(F)cc3Cl)ncc2C)c1. The highest BCUT2D eigenvalue weighted by Crippen LogP contribution is 2.25. The average molecular weight is 361 g/mol. The van der Waals surface area contributed by atoms with Gasteiger partial charge >= 0.3 is 5.97 Å².